The van der Waals surface area contributed by atoms with Gasteiger partial charge < -0.3 is 10.5 Å². The molecule has 0 bridgehead atoms. The predicted octanol–water partition coefficient (Wildman–Crippen LogP) is 1.06. The molecule has 90 valence electrons. The number of nitrogen functional groups attached to an aromatic ring is 1. The van der Waals surface area contributed by atoms with Gasteiger partial charge in [-0.25, -0.2) is 4.98 Å². The molecule has 0 spiro atoms. The monoisotopic (exact) mass is 234 g/mol. The minimum Gasteiger partial charge on any atom is -0.384 e. The number of nitrogens with zero attached hydrogens (tertiary/aromatic N) is 2. The summed E-state index contributed by atoms with van der Waals surface area (Å²) in [5.74, 6) is 0.340. The standard InChI is InChI=1S/C11H14N4O2/c1-16-9-2-3-10(9)17-15-8-4-11(13)14-6-7(8)5-12/h4,6,9-10H,2-3H2,1H3,(H3,13,14,15)/t9-,10+/m0/s1. The van der Waals surface area contributed by atoms with Crippen molar-refractivity contribution in [3.8, 4) is 6.07 Å². The van der Waals surface area contributed by atoms with Crippen molar-refractivity contribution in [3.05, 3.63) is 17.8 Å². The lowest BCUT2D eigenvalue weighted by Gasteiger charge is -2.34. The van der Waals surface area contributed by atoms with Crippen LogP contribution in [-0.2, 0) is 9.57 Å². The number of ether oxygens (including phenoxy) is 1. The zero-order valence-corrected chi connectivity index (χ0v) is 9.51. The summed E-state index contributed by atoms with van der Waals surface area (Å²) in [7, 11) is 1.66. The van der Waals surface area contributed by atoms with Crippen molar-refractivity contribution in [1.82, 2.24) is 4.98 Å². The number of hydrogen-bond acceptors (Lipinski definition) is 6. The maximum atomic E-state index is 8.89. The zero-order valence-electron chi connectivity index (χ0n) is 9.51. The highest BCUT2D eigenvalue weighted by Crippen LogP contribution is 2.26. The smallest absolute Gasteiger partial charge is 0.125 e. The van der Waals surface area contributed by atoms with Crippen LogP contribution in [-0.4, -0.2) is 24.3 Å². The second kappa shape index (κ2) is 4.99. The summed E-state index contributed by atoms with van der Waals surface area (Å²) in [6, 6.07) is 3.58. The first-order valence-electron chi connectivity index (χ1n) is 5.34. The van der Waals surface area contributed by atoms with E-state index in [4.69, 9.17) is 20.6 Å². The van der Waals surface area contributed by atoms with E-state index < -0.39 is 0 Å². The van der Waals surface area contributed by atoms with E-state index in [2.05, 4.69) is 10.5 Å². The van der Waals surface area contributed by atoms with Crippen molar-refractivity contribution in [2.75, 3.05) is 18.3 Å². The van der Waals surface area contributed by atoms with Gasteiger partial charge in [0.2, 0.25) is 0 Å². The second-order valence-corrected chi connectivity index (χ2v) is 3.88. The molecule has 6 heteroatoms. The summed E-state index contributed by atoms with van der Waals surface area (Å²) in [4.78, 5) is 9.29. The molecule has 1 aromatic heterocycles. The number of rotatable bonds is 4. The highest BCUT2D eigenvalue weighted by atomic mass is 16.7. The van der Waals surface area contributed by atoms with Crippen LogP contribution in [0.1, 0.15) is 18.4 Å². The summed E-state index contributed by atoms with van der Waals surface area (Å²) in [5, 5.41) is 8.89. The maximum Gasteiger partial charge on any atom is 0.125 e. The van der Waals surface area contributed by atoms with Gasteiger partial charge in [0, 0.05) is 19.4 Å². The van der Waals surface area contributed by atoms with Crippen LogP contribution >= 0.6 is 0 Å². The molecule has 1 aliphatic carbocycles. The molecule has 0 aliphatic heterocycles. The molecule has 0 unspecified atom stereocenters. The molecule has 1 heterocycles. The first-order valence-corrected chi connectivity index (χ1v) is 5.34. The van der Waals surface area contributed by atoms with Crippen LogP contribution in [0.3, 0.4) is 0 Å². The van der Waals surface area contributed by atoms with E-state index >= 15 is 0 Å². The Kier molecular flexibility index (Phi) is 3.42. The van der Waals surface area contributed by atoms with Gasteiger partial charge in [0.15, 0.2) is 0 Å². The largest absolute Gasteiger partial charge is 0.384 e. The molecule has 6 nitrogen and oxygen atoms in total. The Bertz CT molecular complexity index is 442. The molecule has 3 N–H and O–H groups in total. The minimum atomic E-state index is 0.0148. The van der Waals surface area contributed by atoms with Gasteiger partial charge in [-0.2, -0.15) is 5.26 Å². The molecule has 2 atom stereocenters. The predicted molar refractivity (Wildman–Crippen MR) is 61.9 cm³/mol. The molecule has 1 aromatic rings. The first-order chi connectivity index (χ1) is 8.24. The number of hydrogen-bond donors (Lipinski definition) is 2. The van der Waals surface area contributed by atoms with Gasteiger partial charge in [0.1, 0.15) is 18.0 Å². The maximum absolute atomic E-state index is 8.89. The van der Waals surface area contributed by atoms with Gasteiger partial charge in [0.05, 0.1) is 17.4 Å². The molecule has 1 aliphatic rings. The molecule has 0 amide bonds. The Hall–Kier alpha value is -1.84. The topological polar surface area (TPSA) is 93.2 Å². The van der Waals surface area contributed by atoms with E-state index in [1.807, 2.05) is 6.07 Å². The number of aromatic nitrogens is 1. The number of nitrogens with two attached hydrogens (primary N) is 1. The van der Waals surface area contributed by atoms with Crippen molar-refractivity contribution in [1.29, 1.82) is 5.26 Å². The van der Waals surface area contributed by atoms with Crippen molar-refractivity contribution >= 4 is 11.5 Å². The number of nitrogens with one attached hydrogen (secondary N) is 1. The summed E-state index contributed by atoms with van der Waals surface area (Å²) < 4.78 is 5.20. The highest BCUT2D eigenvalue weighted by molar-refractivity contribution is 5.59. The van der Waals surface area contributed by atoms with E-state index in [9.17, 15) is 0 Å². The van der Waals surface area contributed by atoms with Crippen LogP contribution in [0.4, 0.5) is 11.5 Å². The van der Waals surface area contributed by atoms with Crippen molar-refractivity contribution < 1.29 is 9.57 Å². The molecule has 0 saturated heterocycles. The highest BCUT2D eigenvalue weighted by Gasteiger charge is 2.32. The van der Waals surface area contributed by atoms with Gasteiger partial charge in [-0.15, -0.1) is 0 Å². The third-order valence-corrected chi connectivity index (χ3v) is 2.82. The van der Waals surface area contributed by atoms with Gasteiger partial charge in [-0.1, -0.05) is 0 Å². The van der Waals surface area contributed by atoms with E-state index in [0.717, 1.165) is 12.8 Å². The summed E-state index contributed by atoms with van der Waals surface area (Å²) in [5.41, 5.74) is 9.22. The van der Waals surface area contributed by atoms with Crippen LogP contribution in [0.15, 0.2) is 12.3 Å². The third kappa shape index (κ3) is 2.46. The molecule has 17 heavy (non-hydrogen) atoms. The SMILES string of the molecule is CO[C@H]1CC[C@H]1ONc1cc(N)ncc1C#N. The fraction of sp³-hybridized carbons (Fsp3) is 0.455. The average molecular weight is 234 g/mol. The molecule has 1 fully saturated rings. The van der Waals surface area contributed by atoms with Crippen LogP contribution in [0, 0.1) is 11.3 Å². The number of anilines is 2. The van der Waals surface area contributed by atoms with Gasteiger partial charge in [-0.05, 0) is 12.8 Å². The van der Waals surface area contributed by atoms with Crippen molar-refractivity contribution in [2.45, 2.75) is 25.0 Å². The normalized spacial score (nSPS) is 22.6. The van der Waals surface area contributed by atoms with Crippen LogP contribution in [0.25, 0.3) is 0 Å². The zero-order chi connectivity index (χ0) is 12.3. The number of pyridine rings is 1. The average Bonchev–Trinajstić information content (AvgIpc) is 2.29. The van der Waals surface area contributed by atoms with Gasteiger partial charge in [0.25, 0.3) is 0 Å². The number of nitriles is 1. The molecule has 1 saturated carbocycles. The lowest BCUT2D eigenvalue weighted by molar-refractivity contribution is -0.0966. The lowest BCUT2D eigenvalue weighted by atomic mass is 9.92. The van der Waals surface area contributed by atoms with Crippen molar-refractivity contribution in [3.63, 3.8) is 0 Å². The fourth-order valence-corrected chi connectivity index (χ4v) is 1.63. The van der Waals surface area contributed by atoms with Crippen molar-refractivity contribution in [2.24, 2.45) is 0 Å². The molecule has 0 aromatic carbocycles. The van der Waals surface area contributed by atoms with Gasteiger partial charge in [-0.3, -0.25) is 10.3 Å². The summed E-state index contributed by atoms with van der Waals surface area (Å²) in [6.45, 7) is 0. The van der Waals surface area contributed by atoms with Crippen LogP contribution in [0.2, 0.25) is 0 Å². The Balaban J connectivity index is 1.99. The quantitative estimate of drug-likeness (QED) is 0.756. The van der Waals surface area contributed by atoms with Crippen LogP contribution in [0.5, 0.6) is 0 Å². The van der Waals surface area contributed by atoms with Crippen LogP contribution < -0.4 is 11.2 Å². The minimum absolute atomic E-state index is 0.0148. The van der Waals surface area contributed by atoms with Gasteiger partial charge >= 0.3 is 0 Å². The van der Waals surface area contributed by atoms with E-state index in [-0.39, 0.29) is 12.2 Å². The van der Waals surface area contributed by atoms with E-state index in [1.165, 1.54) is 6.20 Å². The van der Waals surface area contributed by atoms with E-state index in [0.29, 0.717) is 17.1 Å². The Morgan fingerprint density at radius 2 is 2.29 bits per heavy atom. The molecular formula is C11H14N4O2. The summed E-state index contributed by atoms with van der Waals surface area (Å²) in [6.07, 6.45) is 3.48. The first kappa shape index (κ1) is 11.6. The third-order valence-electron chi connectivity index (χ3n) is 2.82. The molecule has 2 rings (SSSR count). The fourth-order valence-electron chi connectivity index (χ4n) is 1.63. The number of methoxy groups -OCH3 is 1. The second-order valence-electron chi connectivity index (χ2n) is 3.88. The Morgan fingerprint density at radius 1 is 1.53 bits per heavy atom. The Morgan fingerprint density at radius 3 is 2.88 bits per heavy atom. The molecular weight excluding hydrogens is 220 g/mol. The lowest BCUT2D eigenvalue weighted by Crippen LogP contribution is -2.41. The summed E-state index contributed by atoms with van der Waals surface area (Å²) >= 11 is 0. The Labute approximate surface area is 99.3 Å². The van der Waals surface area contributed by atoms with E-state index in [1.54, 1.807) is 13.2 Å². The molecule has 0 radical (unpaired) electrons.